The molecular weight excluding hydrogens is 638 g/mol. The molecule has 50 heavy (non-hydrogen) atoms. The summed E-state index contributed by atoms with van der Waals surface area (Å²) in [5.41, 5.74) is 0. The average molecular weight is 710 g/mol. The van der Waals surface area contributed by atoms with Gasteiger partial charge in [-0.3, -0.25) is 0 Å². The van der Waals surface area contributed by atoms with Crippen molar-refractivity contribution in [1.29, 1.82) is 0 Å². The summed E-state index contributed by atoms with van der Waals surface area (Å²) in [5, 5.41) is 5.55. The third-order valence-electron chi connectivity index (χ3n) is 10.1. The third kappa shape index (κ3) is 15.1. The Bertz CT molecular complexity index is 1100. The minimum atomic E-state index is -1.91. The topological polar surface area (TPSA) is 0 Å². The van der Waals surface area contributed by atoms with Crippen LogP contribution < -0.4 is 21.2 Å². The zero-order valence-electron chi connectivity index (χ0n) is 32.3. The second-order valence-electron chi connectivity index (χ2n) is 14.2. The van der Waals surface area contributed by atoms with E-state index in [4.69, 9.17) is 0 Å². The first-order valence-electron chi connectivity index (χ1n) is 20.6. The van der Waals surface area contributed by atoms with Gasteiger partial charge in [0.15, 0.2) is 0 Å². The minimum absolute atomic E-state index is 0.366. The first kappa shape index (κ1) is 42.2. The van der Waals surface area contributed by atoms with E-state index in [-0.39, 0.29) is 0 Å². The van der Waals surface area contributed by atoms with Crippen molar-refractivity contribution in [3.8, 4) is 0 Å². The van der Waals surface area contributed by atoms with Crippen molar-refractivity contribution in [3.05, 3.63) is 121 Å². The van der Waals surface area contributed by atoms with E-state index < -0.39 is 7.26 Å². The number of benzene rings is 4. The van der Waals surface area contributed by atoms with Gasteiger partial charge in [-0.05, 0) is 86.3 Å². The van der Waals surface area contributed by atoms with E-state index in [1.165, 1.54) is 137 Å². The molecule has 0 aliphatic carbocycles. The van der Waals surface area contributed by atoms with Gasteiger partial charge in [-0.25, -0.2) is 0 Å². The summed E-state index contributed by atoms with van der Waals surface area (Å²) in [7, 11) is -1.54. The largest absolute Gasteiger partial charge is 0.144 e. The van der Waals surface area contributed by atoms with E-state index in [2.05, 4.69) is 142 Å². The van der Waals surface area contributed by atoms with Gasteiger partial charge in [0.25, 0.3) is 0 Å². The van der Waals surface area contributed by atoms with Crippen molar-refractivity contribution in [3.63, 3.8) is 0 Å². The quantitative estimate of drug-likeness (QED) is 0.0475. The number of hydrogen-bond donors (Lipinski definition) is 0. The Morgan fingerprint density at radius 2 is 0.520 bits per heavy atom. The molecule has 0 radical (unpaired) electrons. The Kier molecular flexibility index (Phi) is 23.1. The third-order valence-corrected chi connectivity index (χ3v) is 17.2. The number of unbranched alkanes of at least 4 members (excludes halogenated alkanes) is 15. The molecule has 0 fully saturated rings. The smallest absolute Gasteiger partial charge is 0.107 e. The number of rotatable bonds is 25. The van der Waals surface area contributed by atoms with Crippen LogP contribution in [0, 0.1) is 0 Å². The van der Waals surface area contributed by atoms with E-state index in [9.17, 15) is 0 Å². The highest BCUT2D eigenvalue weighted by Gasteiger charge is 2.47. The second-order valence-corrected chi connectivity index (χ2v) is 20.2. The van der Waals surface area contributed by atoms with Crippen LogP contribution in [-0.4, -0.2) is 18.5 Å². The molecule has 0 bridgehead atoms. The van der Waals surface area contributed by atoms with Crippen molar-refractivity contribution in [2.45, 2.75) is 136 Å². The van der Waals surface area contributed by atoms with Gasteiger partial charge in [-0.2, -0.15) is 0 Å². The lowest BCUT2D eigenvalue weighted by molar-refractivity contribution is 0.617. The van der Waals surface area contributed by atoms with E-state index in [0.29, 0.717) is 7.92 Å². The molecule has 0 nitrogen and oxygen atoms in total. The summed E-state index contributed by atoms with van der Waals surface area (Å²) in [5.74, 6) is 0. The Morgan fingerprint density at radius 1 is 0.300 bits per heavy atom. The molecule has 0 N–H and O–H groups in total. The van der Waals surface area contributed by atoms with Crippen molar-refractivity contribution in [2.24, 2.45) is 0 Å². The van der Waals surface area contributed by atoms with E-state index in [1.54, 1.807) is 18.5 Å². The fourth-order valence-corrected chi connectivity index (χ4v) is 14.1. The predicted molar refractivity (Wildman–Crippen MR) is 233 cm³/mol. The maximum atomic E-state index is 2.32. The standard InChI is InChI=1S/C24H20P.C24H51P/c1-5-13-21(14-6-1)25(22-15-7-2-8-16-22,23-17-9-3-10-18-23)24-19-11-4-12-20-24;1-4-7-10-13-16-19-22-25(23-20-17-14-11-8-5-2)24-21-18-15-12-9-6-3/h1-20H;4-24H2,1-3H3/q+1;. The molecule has 272 valence electrons. The van der Waals surface area contributed by atoms with Crippen molar-refractivity contribution < 1.29 is 0 Å². The average Bonchev–Trinajstić information content (AvgIpc) is 3.18. The Labute approximate surface area is 311 Å². The molecule has 0 heterocycles. The summed E-state index contributed by atoms with van der Waals surface area (Å²) in [6.07, 6.45) is 31.2. The van der Waals surface area contributed by atoms with Gasteiger partial charge in [0, 0.05) is 0 Å². The van der Waals surface area contributed by atoms with Crippen LogP contribution in [0.1, 0.15) is 136 Å². The Morgan fingerprint density at radius 3 is 0.760 bits per heavy atom. The maximum Gasteiger partial charge on any atom is 0.144 e. The summed E-state index contributed by atoms with van der Waals surface area (Å²) < 4.78 is 0. The summed E-state index contributed by atoms with van der Waals surface area (Å²) >= 11 is 0. The predicted octanol–water partition coefficient (Wildman–Crippen LogP) is 13.9. The van der Waals surface area contributed by atoms with Crippen molar-refractivity contribution >= 4 is 36.4 Å². The molecule has 0 aliphatic rings. The van der Waals surface area contributed by atoms with Crippen LogP contribution in [0.4, 0.5) is 0 Å². The lowest BCUT2D eigenvalue weighted by atomic mass is 10.1. The number of hydrogen-bond acceptors (Lipinski definition) is 0. The van der Waals surface area contributed by atoms with Crippen LogP contribution in [0.25, 0.3) is 0 Å². The molecule has 0 aliphatic heterocycles. The first-order valence-corrected chi connectivity index (χ1v) is 24.3. The molecule has 0 saturated heterocycles. The van der Waals surface area contributed by atoms with Gasteiger partial charge in [0.1, 0.15) is 28.5 Å². The second kappa shape index (κ2) is 27.4. The van der Waals surface area contributed by atoms with Crippen LogP contribution in [-0.2, 0) is 0 Å². The molecule has 2 heteroatoms. The van der Waals surface area contributed by atoms with Gasteiger partial charge in [-0.1, -0.05) is 190 Å². The Hall–Kier alpha value is -2.26. The highest BCUT2D eigenvalue weighted by atomic mass is 31.2. The molecule has 0 saturated carbocycles. The summed E-state index contributed by atoms with van der Waals surface area (Å²) in [4.78, 5) is 0. The van der Waals surface area contributed by atoms with Gasteiger partial charge in [0.2, 0.25) is 0 Å². The van der Waals surface area contributed by atoms with Crippen LogP contribution in [0.5, 0.6) is 0 Å². The molecule has 0 spiro atoms. The van der Waals surface area contributed by atoms with Gasteiger partial charge in [-0.15, -0.1) is 7.92 Å². The van der Waals surface area contributed by atoms with E-state index >= 15 is 0 Å². The van der Waals surface area contributed by atoms with Gasteiger partial charge < -0.3 is 0 Å². The molecular formula is C48H71P2+. The van der Waals surface area contributed by atoms with E-state index in [0.717, 1.165) is 0 Å². The minimum Gasteiger partial charge on any atom is -0.107 e. The molecule has 0 atom stereocenters. The normalized spacial score (nSPS) is 11.4. The summed E-state index contributed by atoms with van der Waals surface area (Å²) in [6.45, 7) is 6.96. The van der Waals surface area contributed by atoms with Crippen LogP contribution in [0.2, 0.25) is 0 Å². The van der Waals surface area contributed by atoms with Gasteiger partial charge in [0.05, 0.1) is 0 Å². The van der Waals surface area contributed by atoms with E-state index in [1.807, 2.05) is 0 Å². The Balaban J connectivity index is 0.000000270. The van der Waals surface area contributed by atoms with Crippen LogP contribution >= 0.6 is 15.2 Å². The molecule has 0 unspecified atom stereocenters. The van der Waals surface area contributed by atoms with Gasteiger partial charge >= 0.3 is 0 Å². The van der Waals surface area contributed by atoms with Crippen LogP contribution in [0.3, 0.4) is 0 Å². The molecule has 0 aromatic heterocycles. The highest BCUT2D eigenvalue weighted by molar-refractivity contribution is 8.01. The zero-order chi connectivity index (χ0) is 35.4. The lowest BCUT2D eigenvalue weighted by Gasteiger charge is -2.27. The summed E-state index contributed by atoms with van der Waals surface area (Å²) in [6, 6.07) is 43.8. The maximum absolute atomic E-state index is 2.32. The monoisotopic (exact) mass is 710 g/mol. The first-order chi connectivity index (χ1) is 24.8. The molecule has 4 rings (SSSR count). The molecule has 4 aromatic rings. The molecule has 0 amide bonds. The fourth-order valence-electron chi connectivity index (χ4n) is 7.18. The fraction of sp³-hybridized carbons (Fsp3) is 0.500. The van der Waals surface area contributed by atoms with Crippen LogP contribution in [0.15, 0.2) is 121 Å². The lowest BCUT2D eigenvalue weighted by Crippen LogP contribution is -2.38. The van der Waals surface area contributed by atoms with Crippen molar-refractivity contribution in [1.82, 2.24) is 0 Å². The van der Waals surface area contributed by atoms with Crippen molar-refractivity contribution in [2.75, 3.05) is 18.5 Å². The SMILES string of the molecule is CCCCCCCCP(CCCCCCCC)CCCCCCCC.c1ccc([P+](c2ccccc2)(c2ccccc2)c2ccccc2)cc1. The molecule has 4 aromatic carbocycles. The highest BCUT2D eigenvalue weighted by Crippen LogP contribution is 2.54. The zero-order valence-corrected chi connectivity index (χ0v) is 34.1.